The summed E-state index contributed by atoms with van der Waals surface area (Å²) in [4.78, 5) is 6.16. The first-order chi connectivity index (χ1) is 9.43. The van der Waals surface area contributed by atoms with Crippen molar-refractivity contribution in [1.82, 2.24) is 19.7 Å². The van der Waals surface area contributed by atoms with Gasteiger partial charge in [0.25, 0.3) is 0 Å². The summed E-state index contributed by atoms with van der Waals surface area (Å²) in [6.45, 7) is 3.33. The normalized spacial score (nSPS) is 14.5. The van der Waals surface area contributed by atoms with Crippen molar-refractivity contribution < 1.29 is 5.11 Å². The van der Waals surface area contributed by atoms with Crippen LogP contribution in [-0.2, 0) is 12.1 Å². The van der Waals surface area contributed by atoms with E-state index in [-0.39, 0.29) is 0 Å². The molecule has 0 aliphatic heterocycles. The fourth-order valence-corrected chi connectivity index (χ4v) is 2.78. The number of rotatable bonds is 5. The minimum absolute atomic E-state index is 0.713. The number of halogens is 1. The van der Waals surface area contributed by atoms with Crippen molar-refractivity contribution in [2.45, 2.75) is 19.1 Å². The molecule has 108 valence electrons. The second kappa shape index (κ2) is 6.03. The molecule has 1 N–H and O–H groups in total. The smallest absolute Gasteiger partial charge is 0.131 e. The maximum absolute atomic E-state index is 10.9. The molecule has 2 rings (SSSR count). The van der Waals surface area contributed by atoms with Gasteiger partial charge in [-0.2, -0.15) is 5.10 Å². The number of aromatic nitrogens is 3. The first-order valence-corrected chi connectivity index (χ1v) is 7.21. The molecule has 0 spiro atoms. The maximum atomic E-state index is 10.9. The Morgan fingerprint density at radius 1 is 1.40 bits per heavy atom. The molecular formula is C14H19BrN4O. The van der Waals surface area contributed by atoms with E-state index in [4.69, 9.17) is 0 Å². The zero-order valence-corrected chi connectivity index (χ0v) is 13.5. The molecule has 6 heteroatoms. The van der Waals surface area contributed by atoms with Crippen LogP contribution in [0.15, 0.2) is 35.2 Å². The second-order valence-corrected chi connectivity index (χ2v) is 6.04. The van der Waals surface area contributed by atoms with Crippen molar-refractivity contribution in [2.24, 2.45) is 0 Å². The molecule has 2 heterocycles. The molecule has 1 unspecified atom stereocenters. The fraction of sp³-hybridized carbons (Fsp3) is 0.429. The molecule has 0 fully saturated rings. The summed E-state index contributed by atoms with van der Waals surface area (Å²) in [5.74, 6) is 0. The van der Waals surface area contributed by atoms with E-state index in [0.717, 1.165) is 22.3 Å². The largest absolute Gasteiger partial charge is 0.379 e. The molecule has 0 amide bonds. The predicted octanol–water partition coefficient (Wildman–Crippen LogP) is 1.86. The maximum Gasteiger partial charge on any atom is 0.131 e. The highest BCUT2D eigenvalue weighted by atomic mass is 79.9. The third-order valence-corrected chi connectivity index (χ3v) is 3.82. The van der Waals surface area contributed by atoms with Gasteiger partial charge in [-0.15, -0.1) is 0 Å². The van der Waals surface area contributed by atoms with Crippen molar-refractivity contribution in [3.63, 3.8) is 0 Å². The molecule has 20 heavy (non-hydrogen) atoms. The molecule has 5 nitrogen and oxygen atoms in total. The topological polar surface area (TPSA) is 54.2 Å². The van der Waals surface area contributed by atoms with Gasteiger partial charge in [-0.25, -0.2) is 0 Å². The lowest BCUT2D eigenvalue weighted by atomic mass is 9.94. The monoisotopic (exact) mass is 338 g/mol. The SMILES string of the molecule is CN(C)CCn1ncc(Br)c1C(C)(O)c1cccnc1. The summed E-state index contributed by atoms with van der Waals surface area (Å²) in [7, 11) is 4.02. The number of aliphatic hydroxyl groups is 1. The van der Waals surface area contributed by atoms with Crippen molar-refractivity contribution >= 4 is 15.9 Å². The molecule has 0 saturated carbocycles. The van der Waals surface area contributed by atoms with E-state index in [2.05, 4.69) is 30.9 Å². The van der Waals surface area contributed by atoms with Crippen LogP contribution in [0, 0.1) is 0 Å². The molecule has 0 aromatic carbocycles. The Labute approximate surface area is 127 Å². The highest BCUT2D eigenvalue weighted by molar-refractivity contribution is 9.10. The first-order valence-electron chi connectivity index (χ1n) is 6.42. The van der Waals surface area contributed by atoms with Gasteiger partial charge in [-0.05, 0) is 43.0 Å². The molecule has 2 aromatic rings. The molecular weight excluding hydrogens is 320 g/mol. The zero-order chi connectivity index (χ0) is 14.8. The van der Waals surface area contributed by atoms with Crippen LogP contribution in [0.3, 0.4) is 0 Å². The van der Waals surface area contributed by atoms with Crippen LogP contribution >= 0.6 is 15.9 Å². The summed E-state index contributed by atoms with van der Waals surface area (Å²) in [5, 5.41) is 15.3. The lowest BCUT2D eigenvalue weighted by Crippen LogP contribution is -2.29. The van der Waals surface area contributed by atoms with E-state index in [0.29, 0.717) is 6.54 Å². The van der Waals surface area contributed by atoms with Crippen molar-refractivity contribution in [3.8, 4) is 0 Å². The first kappa shape index (κ1) is 15.2. The van der Waals surface area contributed by atoms with Crippen LogP contribution in [0.4, 0.5) is 0 Å². The summed E-state index contributed by atoms with van der Waals surface area (Å²) in [5.41, 5.74) is 0.343. The van der Waals surface area contributed by atoms with Crippen molar-refractivity contribution in [1.29, 1.82) is 0 Å². The van der Waals surface area contributed by atoms with Gasteiger partial charge < -0.3 is 10.0 Å². The third-order valence-electron chi connectivity index (χ3n) is 3.24. The Balaban J connectivity index is 2.38. The van der Waals surface area contributed by atoms with Crippen molar-refractivity contribution in [2.75, 3.05) is 20.6 Å². The predicted molar refractivity (Wildman–Crippen MR) is 81.4 cm³/mol. The molecule has 2 aromatic heterocycles. The number of likely N-dealkylation sites (N-methyl/N-ethyl adjacent to an activating group) is 1. The van der Waals surface area contributed by atoms with Gasteiger partial charge in [0.2, 0.25) is 0 Å². The third kappa shape index (κ3) is 3.08. The number of hydrogen-bond acceptors (Lipinski definition) is 4. The van der Waals surface area contributed by atoms with Gasteiger partial charge in [0.15, 0.2) is 0 Å². The van der Waals surface area contributed by atoms with Crippen LogP contribution in [0.1, 0.15) is 18.2 Å². The van der Waals surface area contributed by atoms with Gasteiger partial charge in [-0.1, -0.05) is 6.07 Å². The van der Waals surface area contributed by atoms with Gasteiger partial charge in [0.1, 0.15) is 5.60 Å². The Hall–Kier alpha value is -1.24. The number of hydrogen-bond donors (Lipinski definition) is 1. The number of nitrogens with zero attached hydrogens (tertiary/aromatic N) is 4. The Morgan fingerprint density at radius 3 is 2.75 bits per heavy atom. The Kier molecular flexibility index (Phi) is 4.57. The molecule has 0 bridgehead atoms. The van der Waals surface area contributed by atoms with Crippen molar-refractivity contribution in [3.05, 3.63) is 46.5 Å². The average molecular weight is 339 g/mol. The fourth-order valence-electron chi connectivity index (χ4n) is 2.10. The minimum atomic E-state index is -1.14. The molecule has 0 saturated heterocycles. The van der Waals surface area contributed by atoms with E-state index >= 15 is 0 Å². The minimum Gasteiger partial charge on any atom is -0.379 e. The lowest BCUT2D eigenvalue weighted by Gasteiger charge is -2.25. The van der Waals surface area contributed by atoms with E-state index in [1.165, 1.54) is 0 Å². The standard InChI is InChI=1S/C14H19BrN4O/c1-14(20,11-5-4-6-16-9-11)13-12(15)10-17-19(13)8-7-18(2)3/h4-6,9-10,20H,7-8H2,1-3H3. The lowest BCUT2D eigenvalue weighted by molar-refractivity contribution is 0.0897. The highest BCUT2D eigenvalue weighted by Gasteiger charge is 2.32. The van der Waals surface area contributed by atoms with Crippen LogP contribution in [0.25, 0.3) is 0 Å². The molecule has 0 aliphatic carbocycles. The van der Waals surface area contributed by atoms with Crippen LogP contribution in [0.2, 0.25) is 0 Å². The Bertz CT molecular complexity index is 566. The average Bonchev–Trinajstić information content (AvgIpc) is 2.79. The van der Waals surface area contributed by atoms with Gasteiger partial charge in [-0.3, -0.25) is 9.67 Å². The number of pyridine rings is 1. The van der Waals surface area contributed by atoms with Gasteiger partial charge in [0, 0.05) is 24.5 Å². The molecule has 0 radical (unpaired) electrons. The highest BCUT2D eigenvalue weighted by Crippen LogP contribution is 2.33. The van der Waals surface area contributed by atoms with E-state index < -0.39 is 5.60 Å². The van der Waals surface area contributed by atoms with E-state index in [1.54, 1.807) is 25.5 Å². The van der Waals surface area contributed by atoms with E-state index in [9.17, 15) is 5.11 Å². The van der Waals surface area contributed by atoms with Gasteiger partial charge in [0.05, 0.1) is 22.9 Å². The summed E-state index contributed by atoms with van der Waals surface area (Å²) in [6, 6.07) is 3.68. The second-order valence-electron chi connectivity index (χ2n) is 5.18. The Morgan fingerprint density at radius 2 is 2.15 bits per heavy atom. The van der Waals surface area contributed by atoms with Crippen LogP contribution < -0.4 is 0 Å². The quantitative estimate of drug-likeness (QED) is 0.904. The zero-order valence-electron chi connectivity index (χ0n) is 11.9. The summed E-state index contributed by atoms with van der Waals surface area (Å²) < 4.78 is 2.63. The van der Waals surface area contributed by atoms with Crippen LogP contribution in [0.5, 0.6) is 0 Å². The summed E-state index contributed by atoms with van der Waals surface area (Å²) in [6.07, 6.45) is 5.09. The van der Waals surface area contributed by atoms with Crippen LogP contribution in [-0.4, -0.2) is 45.4 Å². The molecule has 0 aliphatic rings. The van der Waals surface area contributed by atoms with Gasteiger partial charge >= 0.3 is 0 Å². The van der Waals surface area contributed by atoms with E-state index in [1.807, 2.05) is 30.9 Å². The molecule has 1 atom stereocenters. The summed E-state index contributed by atoms with van der Waals surface area (Å²) >= 11 is 3.48.